The zero-order valence-corrected chi connectivity index (χ0v) is 19.2. The van der Waals surface area contributed by atoms with Crippen molar-refractivity contribution in [2.24, 2.45) is 0 Å². The van der Waals surface area contributed by atoms with E-state index >= 15 is 4.39 Å². The van der Waals surface area contributed by atoms with Gasteiger partial charge >= 0.3 is 6.18 Å². The Hall–Kier alpha value is -3.76. The fourth-order valence-corrected chi connectivity index (χ4v) is 4.86. The van der Waals surface area contributed by atoms with Crippen molar-refractivity contribution in [1.29, 1.82) is 0 Å². The molecule has 2 unspecified atom stereocenters. The minimum absolute atomic E-state index is 0.0429. The number of likely N-dealkylation sites (tertiary alicyclic amines) is 1. The van der Waals surface area contributed by atoms with Crippen molar-refractivity contribution in [1.82, 2.24) is 19.9 Å². The van der Waals surface area contributed by atoms with Crippen LogP contribution in [0.3, 0.4) is 0 Å². The smallest absolute Gasteiger partial charge is 0.363 e. The van der Waals surface area contributed by atoms with Gasteiger partial charge in [0.15, 0.2) is 11.6 Å². The standard InChI is InChI=1S/C25H24F4N6O/c26-21-22(33-19-9-13-34(14-19)24(36)17-7-10-30-11-8-17)31-15-32-23(21)35-12-1-2-20(35)16-3-5-18(6-4-16)25(27,28)29/h3-8,10-11,15,19-20H,1-2,9,12-14H2,(H,31,32,33). The highest BCUT2D eigenvalue weighted by Gasteiger charge is 2.34. The zero-order valence-electron chi connectivity index (χ0n) is 19.2. The summed E-state index contributed by atoms with van der Waals surface area (Å²) in [6, 6.07) is 7.82. The van der Waals surface area contributed by atoms with Gasteiger partial charge in [0.1, 0.15) is 6.33 Å². The predicted octanol–water partition coefficient (Wildman–Crippen LogP) is 4.70. The van der Waals surface area contributed by atoms with E-state index in [-0.39, 0.29) is 29.6 Å². The Balaban J connectivity index is 1.30. The van der Waals surface area contributed by atoms with E-state index in [0.29, 0.717) is 43.6 Å². The molecule has 7 nitrogen and oxygen atoms in total. The van der Waals surface area contributed by atoms with Crippen molar-refractivity contribution in [3.05, 3.63) is 77.6 Å². The van der Waals surface area contributed by atoms with E-state index < -0.39 is 17.6 Å². The molecule has 4 heterocycles. The third-order valence-corrected chi connectivity index (χ3v) is 6.66. The third kappa shape index (κ3) is 4.82. The van der Waals surface area contributed by atoms with Gasteiger partial charge in [0.2, 0.25) is 5.82 Å². The number of carbonyl (C=O) groups is 1. The maximum absolute atomic E-state index is 15.5. The maximum Gasteiger partial charge on any atom is 0.416 e. The first-order valence-corrected chi connectivity index (χ1v) is 11.7. The van der Waals surface area contributed by atoms with Crippen molar-refractivity contribution in [2.45, 2.75) is 37.5 Å². The summed E-state index contributed by atoms with van der Waals surface area (Å²) >= 11 is 0. The molecule has 188 valence electrons. The molecule has 3 aromatic rings. The fraction of sp³-hybridized carbons (Fsp3) is 0.360. The first-order valence-electron chi connectivity index (χ1n) is 11.7. The van der Waals surface area contributed by atoms with Crippen LogP contribution in [0, 0.1) is 5.82 Å². The van der Waals surface area contributed by atoms with Crippen LogP contribution in [0.15, 0.2) is 55.1 Å². The number of nitrogens with zero attached hydrogens (tertiary/aromatic N) is 5. The number of anilines is 2. The van der Waals surface area contributed by atoms with Crippen LogP contribution >= 0.6 is 0 Å². The quantitative estimate of drug-likeness (QED) is 0.512. The second-order valence-electron chi connectivity index (χ2n) is 8.95. The largest absolute Gasteiger partial charge is 0.416 e. The lowest BCUT2D eigenvalue weighted by Crippen LogP contribution is -2.32. The Morgan fingerprint density at radius 3 is 2.47 bits per heavy atom. The lowest BCUT2D eigenvalue weighted by Gasteiger charge is -2.27. The van der Waals surface area contributed by atoms with Gasteiger partial charge in [0, 0.05) is 43.6 Å². The molecule has 2 aliphatic heterocycles. The second-order valence-corrected chi connectivity index (χ2v) is 8.95. The minimum Gasteiger partial charge on any atom is -0.363 e. The van der Waals surface area contributed by atoms with E-state index in [2.05, 4.69) is 20.3 Å². The average molecular weight is 501 g/mol. The molecule has 2 aromatic heterocycles. The summed E-state index contributed by atoms with van der Waals surface area (Å²) in [5.74, 6) is -0.573. The van der Waals surface area contributed by atoms with E-state index in [1.807, 2.05) is 0 Å². The van der Waals surface area contributed by atoms with Gasteiger partial charge in [-0.3, -0.25) is 9.78 Å². The molecular weight excluding hydrogens is 476 g/mol. The first-order chi connectivity index (χ1) is 17.3. The number of rotatable bonds is 5. The zero-order chi connectivity index (χ0) is 25.3. The molecule has 2 atom stereocenters. The SMILES string of the molecule is O=C(c1ccncc1)N1CCC(Nc2ncnc(N3CCCC3c3ccc(C(F)(F)F)cc3)c2F)C1. The Bertz CT molecular complexity index is 1220. The van der Waals surface area contributed by atoms with Crippen LogP contribution in [-0.4, -0.2) is 51.4 Å². The van der Waals surface area contributed by atoms with Gasteiger partial charge in [-0.05, 0) is 49.1 Å². The molecule has 36 heavy (non-hydrogen) atoms. The third-order valence-electron chi connectivity index (χ3n) is 6.66. The van der Waals surface area contributed by atoms with Crippen molar-refractivity contribution < 1.29 is 22.4 Å². The summed E-state index contributed by atoms with van der Waals surface area (Å²) < 4.78 is 54.4. The van der Waals surface area contributed by atoms with Crippen LogP contribution in [-0.2, 0) is 6.18 Å². The molecule has 11 heteroatoms. The number of hydrogen-bond donors (Lipinski definition) is 1. The molecule has 0 radical (unpaired) electrons. The van der Waals surface area contributed by atoms with Crippen LogP contribution in [0.4, 0.5) is 29.2 Å². The minimum atomic E-state index is -4.41. The van der Waals surface area contributed by atoms with E-state index in [1.54, 1.807) is 34.3 Å². The number of aromatic nitrogens is 3. The molecule has 0 saturated carbocycles. The van der Waals surface area contributed by atoms with Gasteiger partial charge < -0.3 is 15.1 Å². The van der Waals surface area contributed by atoms with Gasteiger partial charge in [0.05, 0.1) is 11.6 Å². The summed E-state index contributed by atoms with van der Waals surface area (Å²) in [5.41, 5.74) is 0.502. The number of nitrogens with one attached hydrogen (secondary N) is 1. The topological polar surface area (TPSA) is 74.2 Å². The van der Waals surface area contributed by atoms with Gasteiger partial charge in [0.25, 0.3) is 5.91 Å². The fourth-order valence-electron chi connectivity index (χ4n) is 4.86. The molecule has 2 fully saturated rings. The molecule has 2 saturated heterocycles. The Morgan fingerprint density at radius 2 is 1.75 bits per heavy atom. The summed E-state index contributed by atoms with van der Waals surface area (Å²) in [4.78, 5) is 28.3. The summed E-state index contributed by atoms with van der Waals surface area (Å²) in [5, 5.41) is 3.10. The van der Waals surface area contributed by atoms with Crippen LogP contribution in [0.25, 0.3) is 0 Å². The number of benzene rings is 1. The molecule has 0 bridgehead atoms. The first kappa shape index (κ1) is 24.0. The number of alkyl halides is 3. The normalized spacial score (nSPS) is 20.1. The van der Waals surface area contributed by atoms with Gasteiger partial charge in [-0.15, -0.1) is 0 Å². The Kier molecular flexibility index (Phi) is 6.46. The Morgan fingerprint density at radius 1 is 1.00 bits per heavy atom. The molecule has 5 rings (SSSR count). The second kappa shape index (κ2) is 9.71. The lowest BCUT2D eigenvalue weighted by molar-refractivity contribution is -0.137. The molecule has 1 amide bonds. The maximum atomic E-state index is 15.5. The molecule has 0 spiro atoms. The molecular formula is C25H24F4N6O. The van der Waals surface area contributed by atoms with E-state index in [4.69, 9.17) is 0 Å². The highest BCUT2D eigenvalue weighted by Crippen LogP contribution is 2.38. The highest BCUT2D eigenvalue weighted by atomic mass is 19.4. The van der Waals surface area contributed by atoms with Gasteiger partial charge in [-0.1, -0.05) is 12.1 Å². The van der Waals surface area contributed by atoms with E-state index in [1.165, 1.54) is 18.5 Å². The van der Waals surface area contributed by atoms with Crippen molar-refractivity contribution in [2.75, 3.05) is 29.9 Å². The summed E-state index contributed by atoms with van der Waals surface area (Å²) in [7, 11) is 0. The van der Waals surface area contributed by atoms with Crippen LogP contribution < -0.4 is 10.2 Å². The molecule has 0 aliphatic carbocycles. The number of amides is 1. The summed E-state index contributed by atoms with van der Waals surface area (Å²) in [6.07, 6.45) is 2.05. The van der Waals surface area contributed by atoms with E-state index in [0.717, 1.165) is 18.6 Å². The average Bonchev–Trinajstić information content (AvgIpc) is 3.55. The predicted molar refractivity (Wildman–Crippen MR) is 125 cm³/mol. The van der Waals surface area contributed by atoms with Crippen LogP contribution in [0.5, 0.6) is 0 Å². The van der Waals surface area contributed by atoms with Gasteiger partial charge in [-0.25, -0.2) is 9.97 Å². The molecule has 1 aromatic carbocycles. The number of carbonyl (C=O) groups excluding carboxylic acids is 1. The highest BCUT2D eigenvalue weighted by molar-refractivity contribution is 5.94. The number of hydrogen-bond acceptors (Lipinski definition) is 6. The number of pyridine rings is 1. The number of halogens is 4. The van der Waals surface area contributed by atoms with Crippen LogP contribution in [0.2, 0.25) is 0 Å². The van der Waals surface area contributed by atoms with Crippen molar-refractivity contribution in [3.8, 4) is 0 Å². The van der Waals surface area contributed by atoms with Crippen molar-refractivity contribution >= 4 is 17.5 Å². The Labute approximate surface area is 205 Å². The molecule has 2 aliphatic rings. The van der Waals surface area contributed by atoms with E-state index in [9.17, 15) is 18.0 Å². The lowest BCUT2D eigenvalue weighted by atomic mass is 10.0. The van der Waals surface area contributed by atoms with Crippen molar-refractivity contribution in [3.63, 3.8) is 0 Å². The van der Waals surface area contributed by atoms with Crippen LogP contribution in [0.1, 0.15) is 46.8 Å². The van der Waals surface area contributed by atoms with Gasteiger partial charge in [-0.2, -0.15) is 17.6 Å². The summed E-state index contributed by atoms with van der Waals surface area (Å²) in [6.45, 7) is 1.45. The molecule has 1 N–H and O–H groups in total. The monoisotopic (exact) mass is 500 g/mol.